The van der Waals surface area contributed by atoms with Gasteiger partial charge in [0.15, 0.2) is 6.29 Å². The van der Waals surface area contributed by atoms with Crippen LogP contribution in [0.2, 0.25) is 0 Å². The number of rotatable bonds is 1. The second-order valence-electron chi connectivity index (χ2n) is 3.01. The van der Waals surface area contributed by atoms with Crippen molar-refractivity contribution in [3.63, 3.8) is 0 Å². The number of carbonyl (C=O) groups is 1. The number of ether oxygens (including phenoxy) is 1. The van der Waals surface area contributed by atoms with Gasteiger partial charge in [-0.25, -0.2) is 0 Å². The first-order valence-electron chi connectivity index (χ1n) is 3.95. The molecule has 0 aromatic carbocycles. The van der Waals surface area contributed by atoms with Gasteiger partial charge in [-0.15, -0.1) is 0 Å². The summed E-state index contributed by atoms with van der Waals surface area (Å²) in [6, 6.07) is -0.971. The summed E-state index contributed by atoms with van der Waals surface area (Å²) >= 11 is 0. The predicted molar refractivity (Wildman–Crippen MR) is 41.6 cm³/mol. The molecule has 1 fully saturated rings. The molecule has 0 unspecified atom stereocenters. The monoisotopic (exact) mass is 191 g/mol. The van der Waals surface area contributed by atoms with Crippen LogP contribution in [0.4, 0.5) is 0 Å². The minimum Gasteiger partial charge on any atom is -0.388 e. The Hall–Kier alpha value is -0.690. The van der Waals surface area contributed by atoms with Crippen molar-refractivity contribution in [2.45, 2.75) is 31.5 Å². The second kappa shape index (κ2) is 4.01. The normalized spacial score (nSPS) is 40.0. The average molecular weight is 191 g/mol. The summed E-state index contributed by atoms with van der Waals surface area (Å²) in [4.78, 5) is 10.6. The topological polar surface area (TPSA) is 99.0 Å². The number of aliphatic hydroxyl groups excluding tert-OH is 3. The molecule has 0 aromatic heterocycles. The zero-order valence-corrected chi connectivity index (χ0v) is 7.17. The highest BCUT2D eigenvalue weighted by atomic mass is 16.6. The third-order valence-electron chi connectivity index (χ3n) is 1.88. The Bertz CT molecular complexity index is 197. The van der Waals surface area contributed by atoms with Gasteiger partial charge < -0.3 is 25.4 Å². The molecule has 4 atom stereocenters. The molecule has 0 bridgehead atoms. The van der Waals surface area contributed by atoms with Crippen molar-refractivity contribution in [1.29, 1.82) is 0 Å². The molecule has 0 spiro atoms. The summed E-state index contributed by atoms with van der Waals surface area (Å²) < 4.78 is 4.70. The highest BCUT2D eigenvalue weighted by Crippen LogP contribution is 2.13. The largest absolute Gasteiger partial charge is 0.388 e. The molecule has 1 saturated heterocycles. The van der Waals surface area contributed by atoms with Crippen LogP contribution in [0.5, 0.6) is 0 Å². The minimum atomic E-state index is -1.28. The van der Waals surface area contributed by atoms with Crippen molar-refractivity contribution in [3.05, 3.63) is 0 Å². The van der Waals surface area contributed by atoms with Crippen LogP contribution in [0.15, 0.2) is 0 Å². The van der Waals surface area contributed by atoms with Crippen LogP contribution in [-0.4, -0.2) is 52.4 Å². The molecule has 13 heavy (non-hydrogen) atoms. The van der Waals surface area contributed by atoms with Crippen molar-refractivity contribution >= 4 is 5.91 Å². The summed E-state index contributed by atoms with van der Waals surface area (Å²) in [7, 11) is 0. The average Bonchev–Trinajstić information content (AvgIpc) is 2.05. The van der Waals surface area contributed by atoms with E-state index in [-0.39, 0.29) is 6.61 Å². The van der Waals surface area contributed by atoms with E-state index in [1.165, 1.54) is 6.92 Å². The first-order chi connectivity index (χ1) is 6.02. The molecular weight excluding hydrogens is 178 g/mol. The smallest absolute Gasteiger partial charge is 0.217 e. The van der Waals surface area contributed by atoms with E-state index in [2.05, 4.69) is 5.32 Å². The molecule has 1 rings (SSSR count). The molecule has 6 heteroatoms. The maximum atomic E-state index is 10.6. The Morgan fingerprint density at radius 3 is 2.62 bits per heavy atom. The van der Waals surface area contributed by atoms with Gasteiger partial charge in [0.05, 0.1) is 6.61 Å². The number of aliphatic hydroxyl groups is 3. The lowest BCUT2D eigenvalue weighted by molar-refractivity contribution is -0.212. The van der Waals surface area contributed by atoms with Gasteiger partial charge in [-0.3, -0.25) is 4.79 Å². The van der Waals surface area contributed by atoms with Crippen molar-refractivity contribution < 1.29 is 24.9 Å². The van der Waals surface area contributed by atoms with Crippen LogP contribution >= 0.6 is 0 Å². The number of hydrogen-bond acceptors (Lipinski definition) is 5. The number of carbonyl (C=O) groups excluding carboxylic acids is 1. The van der Waals surface area contributed by atoms with Crippen molar-refractivity contribution in [2.75, 3.05) is 6.61 Å². The quantitative estimate of drug-likeness (QED) is 0.369. The molecule has 1 heterocycles. The lowest BCUT2D eigenvalue weighted by Crippen LogP contribution is -2.60. The van der Waals surface area contributed by atoms with Gasteiger partial charge in [0.2, 0.25) is 5.91 Å². The van der Waals surface area contributed by atoms with E-state index < -0.39 is 30.4 Å². The summed E-state index contributed by atoms with van der Waals surface area (Å²) in [6.45, 7) is 1.11. The molecule has 4 N–H and O–H groups in total. The van der Waals surface area contributed by atoms with Crippen LogP contribution in [0.3, 0.4) is 0 Å². The maximum absolute atomic E-state index is 10.6. The molecule has 0 radical (unpaired) electrons. The van der Waals surface area contributed by atoms with Gasteiger partial charge in [0.25, 0.3) is 0 Å². The number of nitrogens with one attached hydrogen (secondary N) is 1. The molecule has 1 aliphatic heterocycles. The third-order valence-corrected chi connectivity index (χ3v) is 1.88. The molecule has 0 saturated carbocycles. The van der Waals surface area contributed by atoms with Crippen LogP contribution in [0, 0.1) is 0 Å². The summed E-state index contributed by atoms with van der Waals surface area (Å²) in [5.41, 5.74) is 0. The molecule has 1 aliphatic rings. The Morgan fingerprint density at radius 2 is 2.08 bits per heavy atom. The zero-order valence-electron chi connectivity index (χ0n) is 7.17. The molecule has 76 valence electrons. The van der Waals surface area contributed by atoms with Gasteiger partial charge in [0, 0.05) is 6.92 Å². The zero-order chi connectivity index (χ0) is 10.0. The Kier molecular flexibility index (Phi) is 3.21. The van der Waals surface area contributed by atoms with Crippen molar-refractivity contribution in [1.82, 2.24) is 5.32 Å². The lowest BCUT2D eigenvalue weighted by atomic mass is 10.0. The fourth-order valence-electron chi connectivity index (χ4n) is 1.20. The maximum Gasteiger partial charge on any atom is 0.217 e. The summed E-state index contributed by atoms with van der Waals surface area (Å²) in [5, 5.41) is 30.0. The number of hydrogen-bond donors (Lipinski definition) is 4. The molecular formula is C7H13NO5. The highest BCUT2D eigenvalue weighted by Gasteiger charge is 2.38. The van der Waals surface area contributed by atoms with E-state index in [1.807, 2.05) is 0 Å². The first-order valence-corrected chi connectivity index (χ1v) is 3.95. The molecule has 6 nitrogen and oxygen atoms in total. The van der Waals surface area contributed by atoms with Crippen LogP contribution in [0.25, 0.3) is 0 Å². The molecule has 0 aliphatic carbocycles. The van der Waals surface area contributed by atoms with Gasteiger partial charge in [0.1, 0.15) is 18.2 Å². The molecule has 1 amide bonds. The number of amides is 1. The fraction of sp³-hybridized carbons (Fsp3) is 0.857. The fourth-order valence-corrected chi connectivity index (χ4v) is 1.20. The Morgan fingerprint density at radius 1 is 1.46 bits per heavy atom. The van der Waals surface area contributed by atoms with Gasteiger partial charge >= 0.3 is 0 Å². The van der Waals surface area contributed by atoms with Crippen molar-refractivity contribution in [3.8, 4) is 0 Å². The van der Waals surface area contributed by atoms with E-state index in [1.54, 1.807) is 0 Å². The van der Waals surface area contributed by atoms with E-state index >= 15 is 0 Å². The first kappa shape index (κ1) is 10.4. The van der Waals surface area contributed by atoms with Crippen molar-refractivity contribution in [2.24, 2.45) is 0 Å². The van der Waals surface area contributed by atoms with Gasteiger partial charge in [-0.2, -0.15) is 0 Å². The Labute approximate surface area is 75.1 Å². The van der Waals surface area contributed by atoms with E-state index in [4.69, 9.17) is 9.84 Å². The lowest BCUT2D eigenvalue weighted by Gasteiger charge is -2.35. The minimum absolute atomic E-state index is 0.140. The van der Waals surface area contributed by atoms with E-state index in [0.29, 0.717) is 0 Å². The molecule has 0 aromatic rings. The predicted octanol–water partition coefficient (Wildman–Crippen LogP) is -2.44. The van der Waals surface area contributed by atoms with Crippen LogP contribution in [-0.2, 0) is 9.53 Å². The van der Waals surface area contributed by atoms with E-state index in [9.17, 15) is 15.0 Å². The Balaban J connectivity index is 2.60. The van der Waals surface area contributed by atoms with E-state index in [0.717, 1.165) is 0 Å². The highest BCUT2D eigenvalue weighted by molar-refractivity contribution is 5.73. The standard InChI is InChI=1S/C7H13NO5/c1-3(9)8-5-6(11)4(10)2-13-7(5)12/h4-7,10-12H,2H2,1H3,(H,8,9)/t4-,5-,6-,7+/m0/s1. The van der Waals surface area contributed by atoms with Crippen LogP contribution < -0.4 is 5.32 Å². The second-order valence-corrected chi connectivity index (χ2v) is 3.01. The van der Waals surface area contributed by atoms with Gasteiger partial charge in [-0.1, -0.05) is 0 Å². The SMILES string of the molecule is CC(=O)N[C@H]1[C@@H](O)[C@@H](O)CO[C@H]1O. The summed E-state index contributed by atoms with van der Waals surface area (Å²) in [6.07, 6.45) is -3.56. The summed E-state index contributed by atoms with van der Waals surface area (Å²) in [5.74, 6) is -0.402. The van der Waals surface area contributed by atoms with Crippen LogP contribution in [0.1, 0.15) is 6.92 Å². The van der Waals surface area contributed by atoms with Gasteiger partial charge in [-0.05, 0) is 0 Å². The third kappa shape index (κ3) is 2.38.